The molecule has 1 heterocycles. The summed E-state index contributed by atoms with van der Waals surface area (Å²) in [5, 5.41) is 2.79. The Morgan fingerprint density at radius 3 is 2.74 bits per heavy atom. The van der Waals surface area contributed by atoms with Gasteiger partial charge in [0.2, 0.25) is 0 Å². The maximum Gasteiger partial charge on any atom is 0.409 e. The Labute approximate surface area is 112 Å². The summed E-state index contributed by atoms with van der Waals surface area (Å²) in [6.45, 7) is 7.40. The van der Waals surface area contributed by atoms with E-state index in [-0.39, 0.29) is 6.17 Å². The molecule has 0 radical (unpaired) electrons. The highest BCUT2D eigenvalue weighted by atomic mass is 16.6. The van der Waals surface area contributed by atoms with E-state index >= 15 is 0 Å². The van der Waals surface area contributed by atoms with Crippen LogP contribution in [-0.4, -0.2) is 21.2 Å². The van der Waals surface area contributed by atoms with Crippen molar-refractivity contribution in [3.8, 4) is 0 Å². The number of imidazole rings is 1. The van der Waals surface area contributed by atoms with Gasteiger partial charge in [-0.2, -0.15) is 0 Å². The number of para-hydroxylation sites is 2. The SMILES string of the molecule is CC(NC(=O)OC(C)(C)C)n1cnc2ccccc21. The Balaban J connectivity index is 2.12. The highest BCUT2D eigenvalue weighted by Crippen LogP contribution is 2.16. The maximum atomic E-state index is 11.7. The Morgan fingerprint density at radius 2 is 2.05 bits per heavy atom. The zero-order chi connectivity index (χ0) is 14.0. The number of benzene rings is 1. The molecule has 1 aromatic heterocycles. The average molecular weight is 261 g/mol. The van der Waals surface area contributed by atoms with Crippen LogP contribution in [0.1, 0.15) is 33.9 Å². The van der Waals surface area contributed by atoms with Crippen molar-refractivity contribution in [1.82, 2.24) is 14.9 Å². The molecule has 2 aromatic rings. The summed E-state index contributed by atoms with van der Waals surface area (Å²) in [6.07, 6.45) is 1.06. The molecular weight excluding hydrogens is 242 g/mol. The minimum Gasteiger partial charge on any atom is -0.444 e. The van der Waals surface area contributed by atoms with E-state index in [4.69, 9.17) is 4.74 Å². The first kappa shape index (κ1) is 13.4. The molecule has 0 aliphatic rings. The first-order valence-corrected chi connectivity index (χ1v) is 6.28. The van der Waals surface area contributed by atoms with Crippen LogP contribution >= 0.6 is 0 Å². The normalized spacial score (nSPS) is 13.3. The standard InChI is InChI=1S/C14H19N3O2/c1-10(16-13(18)19-14(2,3)4)17-9-15-11-7-5-6-8-12(11)17/h5-10H,1-4H3,(H,16,18). The van der Waals surface area contributed by atoms with Gasteiger partial charge in [-0.05, 0) is 39.8 Å². The molecule has 1 N–H and O–H groups in total. The van der Waals surface area contributed by atoms with Gasteiger partial charge < -0.3 is 14.6 Å². The molecule has 1 aromatic carbocycles. The molecular formula is C14H19N3O2. The topological polar surface area (TPSA) is 56.1 Å². The molecule has 0 aliphatic heterocycles. The Morgan fingerprint density at radius 1 is 1.37 bits per heavy atom. The molecule has 0 spiro atoms. The van der Waals surface area contributed by atoms with Gasteiger partial charge in [0.15, 0.2) is 0 Å². The predicted molar refractivity (Wildman–Crippen MR) is 73.8 cm³/mol. The minimum absolute atomic E-state index is 0.220. The van der Waals surface area contributed by atoms with Gasteiger partial charge in [0, 0.05) is 0 Å². The monoisotopic (exact) mass is 261 g/mol. The summed E-state index contributed by atoms with van der Waals surface area (Å²) in [5.74, 6) is 0. The molecule has 19 heavy (non-hydrogen) atoms. The van der Waals surface area contributed by atoms with Gasteiger partial charge in [0.05, 0.1) is 17.4 Å². The van der Waals surface area contributed by atoms with E-state index in [9.17, 15) is 4.79 Å². The quantitative estimate of drug-likeness (QED) is 0.903. The molecule has 1 unspecified atom stereocenters. The summed E-state index contributed by atoms with van der Waals surface area (Å²) >= 11 is 0. The largest absolute Gasteiger partial charge is 0.444 e. The van der Waals surface area contributed by atoms with E-state index in [1.165, 1.54) is 0 Å². The lowest BCUT2D eigenvalue weighted by Crippen LogP contribution is -2.35. The molecule has 0 bridgehead atoms. The molecule has 0 aliphatic carbocycles. The number of hydrogen-bond acceptors (Lipinski definition) is 3. The zero-order valence-electron chi connectivity index (χ0n) is 11.7. The van der Waals surface area contributed by atoms with Gasteiger partial charge in [-0.1, -0.05) is 12.1 Å². The first-order valence-electron chi connectivity index (χ1n) is 6.28. The molecule has 1 amide bonds. The summed E-state index contributed by atoms with van der Waals surface area (Å²) in [5.41, 5.74) is 1.38. The van der Waals surface area contributed by atoms with Crippen molar-refractivity contribution < 1.29 is 9.53 Å². The lowest BCUT2D eigenvalue weighted by molar-refractivity contribution is 0.0490. The van der Waals surface area contributed by atoms with E-state index in [0.717, 1.165) is 11.0 Å². The van der Waals surface area contributed by atoms with Crippen LogP contribution in [0.3, 0.4) is 0 Å². The van der Waals surface area contributed by atoms with Crippen LogP contribution in [0.2, 0.25) is 0 Å². The van der Waals surface area contributed by atoms with Gasteiger partial charge in [0.1, 0.15) is 11.8 Å². The number of carbonyl (C=O) groups excluding carboxylic acids is 1. The van der Waals surface area contributed by atoms with E-state index in [0.29, 0.717) is 0 Å². The number of carbonyl (C=O) groups is 1. The smallest absolute Gasteiger partial charge is 0.409 e. The van der Waals surface area contributed by atoms with E-state index in [1.807, 2.05) is 56.5 Å². The third-order valence-corrected chi connectivity index (χ3v) is 2.62. The molecule has 102 valence electrons. The van der Waals surface area contributed by atoms with Crippen LogP contribution in [0.25, 0.3) is 11.0 Å². The lowest BCUT2D eigenvalue weighted by Gasteiger charge is -2.22. The van der Waals surface area contributed by atoms with Crippen molar-refractivity contribution in [2.45, 2.75) is 39.5 Å². The third kappa shape index (κ3) is 3.24. The van der Waals surface area contributed by atoms with Crippen LogP contribution in [0, 0.1) is 0 Å². The predicted octanol–water partition coefficient (Wildman–Crippen LogP) is 3.08. The molecule has 0 saturated heterocycles. The minimum atomic E-state index is -0.499. The number of amides is 1. The fourth-order valence-corrected chi connectivity index (χ4v) is 1.83. The van der Waals surface area contributed by atoms with Gasteiger partial charge in [-0.15, -0.1) is 0 Å². The van der Waals surface area contributed by atoms with E-state index < -0.39 is 11.7 Å². The summed E-state index contributed by atoms with van der Waals surface area (Å²) in [7, 11) is 0. The van der Waals surface area contributed by atoms with Gasteiger partial charge in [-0.25, -0.2) is 9.78 Å². The number of fused-ring (bicyclic) bond motifs is 1. The number of hydrogen-bond donors (Lipinski definition) is 1. The number of rotatable bonds is 2. The average Bonchev–Trinajstić information content (AvgIpc) is 2.69. The van der Waals surface area contributed by atoms with E-state index in [2.05, 4.69) is 10.3 Å². The van der Waals surface area contributed by atoms with Crippen molar-refractivity contribution in [3.63, 3.8) is 0 Å². The van der Waals surface area contributed by atoms with Gasteiger partial charge >= 0.3 is 6.09 Å². The molecule has 1 atom stereocenters. The number of ether oxygens (including phenoxy) is 1. The molecule has 0 fully saturated rings. The summed E-state index contributed by atoms with van der Waals surface area (Å²) in [6, 6.07) is 7.79. The highest BCUT2D eigenvalue weighted by molar-refractivity contribution is 5.75. The van der Waals surface area contributed by atoms with Crippen LogP contribution in [0.15, 0.2) is 30.6 Å². The molecule has 2 rings (SSSR count). The van der Waals surface area contributed by atoms with Crippen molar-refractivity contribution in [1.29, 1.82) is 0 Å². The van der Waals surface area contributed by atoms with Crippen LogP contribution in [-0.2, 0) is 4.74 Å². The third-order valence-electron chi connectivity index (χ3n) is 2.62. The highest BCUT2D eigenvalue weighted by Gasteiger charge is 2.18. The number of aromatic nitrogens is 2. The number of nitrogens with one attached hydrogen (secondary N) is 1. The fourth-order valence-electron chi connectivity index (χ4n) is 1.83. The lowest BCUT2D eigenvalue weighted by atomic mass is 10.2. The van der Waals surface area contributed by atoms with Crippen LogP contribution in [0.4, 0.5) is 4.79 Å². The van der Waals surface area contributed by atoms with Crippen LogP contribution < -0.4 is 5.32 Å². The molecule has 0 saturated carbocycles. The maximum absolute atomic E-state index is 11.7. The second kappa shape index (κ2) is 4.91. The second-order valence-electron chi connectivity index (χ2n) is 5.46. The first-order chi connectivity index (χ1) is 8.87. The number of nitrogens with zero attached hydrogens (tertiary/aromatic N) is 2. The second-order valence-corrected chi connectivity index (χ2v) is 5.46. The fraction of sp³-hybridized carbons (Fsp3) is 0.429. The van der Waals surface area contributed by atoms with Crippen molar-refractivity contribution in [2.24, 2.45) is 0 Å². The van der Waals surface area contributed by atoms with Gasteiger partial charge in [-0.3, -0.25) is 0 Å². The van der Waals surface area contributed by atoms with Crippen molar-refractivity contribution in [2.75, 3.05) is 0 Å². The van der Waals surface area contributed by atoms with E-state index in [1.54, 1.807) is 6.33 Å². The Hall–Kier alpha value is -2.04. The summed E-state index contributed by atoms with van der Waals surface area (Å²) < 4.78 is 7.14. The van der Waals surface area contributed by atoms with Gasteiger partial charge in [0.25, 0.3) is 0 Å². The van der Waals surface area contributed by atoms with Crippen molar-refractivity contribution >= 4 is 17.1 Å². The van der Waals surface area contributed by atoms with Crippen LogP contribution in [0.5, 0.6) is 0 Å². The summed E-state index contributed by atoms with van der Waals surface area (Å²) in [4.78, 5) is 16.0. The molecule has 5 heteroatoms. The number of alkyl carbamates (subject to hydrolysis) is 1. The zero-order valence-corrected chi connectivity index (χ0v) is 11.7. The van der Waals surface area contributed by atoms with Crippen molar-refractivity contribution in [3.05, 3.63) is 30.6 Å². The Bertz CT molecular complexity index is 584. The Kier molecular flexibility index (Phi) is 3.46. The molecule has 5 nitrogen and oxygen atoms in total.